The number of carbonyl (C=O) groups excluding carboxylic acids is 2. The zero-order valence-corrected chi connectivity index (χ0v) is 20.0. The Balaban J connectivity index is 1.67. The minimum absolute atomic E-state index is 0.0982. The molecule has 1 aromatic heterocycles. The molecule has 1 fully saturated rings. The second kappa shape index (κ2) is 9.26. The van der Waals surface area contributed by atoms with Crippen LogP contribution in [0.3, 0.4) is 0 Å². The molecule has 1 N–H and O–H groups in total. The molecule has 4 rings (SSSR count). The fourth-order valence-electron chi connectivity index (χ4n) is 4.73. The van der Waals surface area contributed by atoms with Crippen LogP contribution in [0.15, 0.2) is 30.3 Å². The Hall–Kier alpha value is -2.34. The summed E-state index contributed by atoms with van der Waals surface area (Å²) in [6.07, 6.45) is 6.71. The lowest BCUT2D eigenvalue weighted by atomic mass is 9.93. The highest BCUT2D eigenvalue weighted by molar-refractivity contribution is 6.30. The molecule has 1 saturated carbocycles. The van der Waals surface area contributed by atoms with E-state index in [2.05, 4.69) is 24.3 Å². The third-order valence-electron chi connectivity index (χ3n) is 6.84. The molecule has 0 bridgehead atoms. The van der Waals surface area contributed by atoms with Crippen LogP contribution in [0.5, 0.6) is 0 Å². The zero-order valence-electron chi connectivity index (χ0n) is 19.2. The predicted molar refractivity (Wildman–Crippen MR) is 126 cm³/mol. The van der Waals surface area contributed by atoms with Crippen molar-refractivity contribution in [3.05, 3.63) is 52.3 Å². The van der Waals surface area contributed by atoms with Crippen LogP contribution in [0.4, 0.5) is 0 Å². The second-order valence-corrected chi connectivity index (χ2v) is 10.2. The standard InChI is InChI=1S/C25H33ClN4O2/c1-17(2)21-14-22-23(31)29(15-18-10-12-19(26)13-11-18)25(3,16-30(22)28-21)24(32)27-20-8-6-4-5-7-9-20/h10-14,17,20H,4-9,15-16H2,1-3H3,(H,27,32). The average Bonchev–Trinajstić information content (AvgIpc) is 3.02. The summed E-state index contributed by atoms with van der Waals surface area (Å²) < 4.78 is 1.72. The van der Waals surface area contributed by atoms with Crippen molar-refractivity contribution in [3.63, 3.8) is 0 Å². The lowest BCUT2D eigenvalue weighted by Crippen LogP contribution is -2.64. The van der Waals surface area contributed by atoms with E-state index >= 15 is 0 Å². The lowest BCUT2D eigenvalue weighted by Gasteiger charge is -2.44. The van der Waals surface area contributed by atoms with E-state index in [4.69, 9.17) is 11.6 Å². The van der Waals surface area contributed by atoms with Gasteiger partial charge in [0.25, 0.3) is 5.91 Å². The van der Waals surface area contributed by atoms with E-state index in [1.807, 2.05) is 37.3 Å². The first kappa shape index (κ1) is 22.8. The molecule has 1 aromatic carbocycles. The van der Waals surface area contributed by atoms with Crippen molar-refractivity contribution in [2.24, 2.45) is 0 Å². The number of nitrogens with one attached hydrogen (secondary N) is 1. The molecule has 1 aliphatic heterocycles. The van der Waals surface area contributed by atoms with E-state index in [1.165, 1.54) is 12.8 Å². The first-order valence-electron chi connectivity index (χ1n) is 11.7. The summed E-state index contributed by atoms with van der Waals surface area (Å²) in [6, 6.07) is 9.48. The minimum atomic E-state index is -1.03. The maximum absolute atomic E-state index is 13.7. The van der Waals surface area contributed by atoms with Crippen molar-refractivity contribution in [1.82, 2.24) is 20.0 Å². The maximum Gasteiger partial charge on any atom is 0.273 e. The van der Waals surface area contributed by atoms with Gasteiger partial charge in [-0.3, -0.25) is 14.3 Å². The summed E-state index contributed by atoms with van der Waals surface area (Å²) in [6.45, 7) is 6.66. The van der Waals surface area contributed by atoms with Gasteiger partial charge in [-0.1, -0.05) is 63.3 Å². The van der Waals surface area contributed by atoms with Crippen LogP contribution < -0.4 is 5.32 Å². The third kappa shape index (κ3) is 4.56. The Morgan fingerprint density at radius 1 is 1.19 bits per heavy atom. The van der Waals surface area contributed by atoms with Crippen LogP contribution in [-0.2, 0) is 17.9 Å². The molecule has 32 heavy (non-hydrogen) atoms. The first-order valence-corrected chi connectivity index (χ1v) is 12.1. The monoisotopic (exact) mass is 456 g/mol. The molecule has 7 heteroatoms. The SMILES string of the molecule is CC(C)c1cc2n(n1)CC(C)(C(=O)NC1CCCCCC1)N(Cc1ccc(Cl)cc1)C2=O. The van der Waals surface area contributed by atoms with Crippen molar-refractivity contribution < 1.29 is 9.59 Å². The Kier molecular flexibility index (Phi) is 6.61. The molecule has 2 amide bonds. The molecule has 1 atom stereocenters. The van der Waals surface area contributed by atoms with Gasteiger partial charge in [0.1, 0.15) is 11.2 Å². The summed E-state index contributed by atoms with van der Waals surface area (Å²) in [5, 5.41) is 8.59. The number of hydrogen-bond acceptors (Lipinski definition) is 3. The Labute approximate surface area is 195 Å². The van der Waals surface area contributed by atoms with Gasteiger partial charge in [-0.05, 0) is 49.4 Å². The maximum atomic E-state index is 13.7. The van der Waals surface area contributed by atoms with Gasteiger partial charge < -0.3 is 10.2 Å². The quantitative estimate of drug-likeness (QED) is 0.649. The van der Waals surface area contributed by atoms with E-state index in [0.29, 0.717) is 23.8 Å². The number of hydrogen-bond donors (Lipinski definition) is 1. The van der Waals surface area contributed by atoms with Crippen LogP contribution in [-0.4, -0.2) is 38.1 Å². The van der Waals surface area contributed by atoms with Crippen LogP contribution >= 0.6 is 11.6 Å². The highest BCUT2D eigenvalue weighted by Gasteiger charge is 2.48. The normalized spacial score (nSPS) is 22.0. The second-order valence-electron chi connectivity index (χ2n) is 9.72. The van der Waals surface area contributed by atoms with Crippen LogP contribution in [0.1, 0.15) is 87.0 Å². The Morgan fingerprint density at radius 3 is 2.47 bits per heavy atom. The molecule has 6 nitrogen and oxygen atoms in total. The average molecular weight is 457 g/mol. The Morgan fingerprint density at radius 2 is 1.84 bits per heavy atom. The fourth-order valence-corrected chi connectivity index (χ4v) is 4.85. The van der Waals surface area contributed by atoms with E-state index < -0.39 is 5.54 Å². The molecule has 0 spiro atoms. The summed E-state index contributed by atoms with van der Waals surface area (Å²) in [5.74, 6) is -0.0558. The number of amides is 2. The van der Waals surface area contributed by atoms with E-state index in [0.717, 1.165) is 36.9 Å². The summed E-state index contributed by atoms with van der Waals surface area (Å²) >= 11 is 6.05. The van der Waals surface area contributed by atoms with E-state index in [-0.39, 0.29) is 23.8 Å². The zero-order chi connectivity index (χ0) is 22.9. The van der Waals surface area contributed by atoms with Crippen molar-refractivity contribution in [2.75, 3.05) is 0 Å². The van der Waals surface area contributed by atoms with Crippen molar-refractivity contribution in [2.45, 2.75) is 89.9 Å². The molecule has 0 radical (unpaired) electrons. The molecular weight excluding hydrogens is 424 g/mol. The highest BCUT2D eigenvalue weighted by atomic mass is 35.5. The fraction of sp³-hybridized carbons (Fsp3) is 0.560. The molecule has 2 aromatic rings. The van der Waals surface area contributed by atoms with Gasteiger partial charge in [0.15, 0.2) is 0 Å². The van der Waals surface area contributed by atoms with Gasteiger partial charge in [-0.25, -0.2) is 0 Å². The number of rotatable bonds is 5. The van der Waals surface area contributed by atoms with Gasteiger partial charge in [0.2, 0.25) is 5.91 Å². The van der Waals surface area contributed by atoms with Crippen LogP contribution in [0.25, 0.3) is 0 Å². The third-order valence-corrected chi connectivity index (χ3v) is 7.09. The van der Waals surface area contributed by atoms with Crippen LogP contribution in [0.2, 0.25) is 5.02 Å². The van der Waals surface area contributed by atoms with Gasteiger partial charge >= 0.3 is 0 Å². The number of aromatic nitrogens is 2. The van der Waals surface area contributed by atoms with Crippen molar-refractivity contribution in [3.8, 4) is 0 Å². The molecule has 172 valence electrons. The first-order chi connectivity index (χ1) is 15.3. The van der Waals surface area contributed by atoms with Gasteiger partial charge in [-0.2, -0.15) is 5.10 Å². The molecule has 1 unspecified atom stereocenters. The summed E-state index contributed by atoms with van der Waals surface area (Å²) in [7, 11) is 0. The topological polar surface area (TPSA) is 67.2 Å². The predicted octanol–water partition coefficient (Wildman–Crippen LogP) is 4.91. The van der Waals surface area contributed by atoms with E-state index in [1.54, 1.807) is 9.58 Å². The smallest absolute Gasteiger partial charge is 0.273 e. The molecular formula is C25H33ClN4O2. The molecule has 2 heterocycles. The largest absolute Gasteiger partial charge is 0.351 e. The number of halogens is 1. The highest BCUT2D eigenvalue weighted by Crippen LogP contribution is 2.31. The van der Waals surface area contributed by atoms with Gasteiger partial charge in [0, 0.05) is 17.6 Å². The number of nitrogens with zero attached hydrogens (tertiary/aromatic N) is 3. The van der Waals surface area contributed by atoms with Crippen LogP contribution in [0, 0.1) is 0 Å². The molecule has 0 saturated heterocycles. The number of fused-ring (bicyclic) bond motifs is 1. The minimum Gasteiger partial charge on any atom is -0.351 e. The summed E-state index contributed by atoms with van der Waals surface area (Å²) in [4.78, 5) is 29.0. The van der Waals surface area contributed by atoms with Gasteiger partial charge in [-0.15, -0.1) is 0 Å². The summed E-state index contributed by atoms with van der Waals surface area (Å²) in [5.41, 5.74) is 1.32. The van der Waals surface area contributed by atoms with Gasteiger partial charge in [0.05, 0.1) is 12.2 Å². The van der Waals surface area contributed by atoms with Crippen molar-refractivity contribution >= 4 is 23.4 Å². The molecule has 1 aliphatic carbocycles. The number of benzene rings is 1. The van der Waals surface area contributed by atoms with Crippen molar-refractivity contribution in [1.29, 1.82) is 0 Å². The molecule has 2 aliphatic rings. The Bertz CT molecular complexity index is 976. The number of carbonyl (C=O) groups is 2. The van der Waals surface area contributed by atoms with E-state index in [9.17, 15) is 9.59 Å². The lowest BCUT2D eigenvalue weighted by molar-refractivity contribution is -0.134.